The summed E-state index contributed by atoms with van der Waals surface area (Å²) >= 11 is 0. The fourth-order valence-electron chi connectivity index (χ4n) is 3.43. The van der Waals surface area contributed by atoms with Crippen LogP contribution in [0.25, 0.3) is 0 Å². The van der Waals surface area contributed by atoms with Crippen LogP contribution in [0.1, 0.15) is 35.3 Å². The van der Waals surface area contributed by atoms with Crippen LogP contribution in [0.15, 0.2) is 18.3 Å². The van der Waals surface area contributed by atoms with E-state index in [2.05, 4.69) is 4.98 Å². The van der Waals surface area contributed by atoms with E-state index in [-0.39, 0.29) is 11.9 Å². The quantitative estimate of drug-likeness (QED) is 0.830. The molecule has 1 aliphatic carbocycles. The molecule has 3 atom stereocenters. The number of hydrogen-bond acceptors (Lipinski definition) is 4. The van der Waals surface area contributed by atoms with Crippen molar-refractivity contribution in [1.29, 1.82) is 5.26 Å². The summed E-state index contributed by atoms with van der Waals surface area (Å²) in [6.45, 7) is 1.53. The molecule has 0 radical (unpaired) electrons. The Morgan fingerprint density at radius 3 is 2.90 bits per heavy atom. The van der Waals surface area contributed by atoms with Gasteiger partial charge in [-0.1, -0.05) is 6.42 Å². The van der Waals surface area contributed by atoms with Crippen LogP contribution in [0, 0.1) is 23.2 Å². The van der Waals surface area contributed by atoms with Gasteiger partial charge in [-0.2, -0.15) is 5.26 Å². The minimum atomic E-state index is -0.0453. The van der Waals surface area contributed by atoms with Gasteiger partial charge in [0, 0.05) is 25.3 Å². The molecule has 5 nitrogen and oxygen atoms in total. The van der Waals surface area contributed by atoms with Crippen LogP contribution >= 0.6 is 0 Å². The molecular weight excluding hydrogens is 252 g/mol. The molecule has 2 aliphatic rings. The van der Waals surface area contributed by atoms with Crippen molar-refractivity contribution < 1.29 is 4.79 Å². The summed E-state index contributed by atoms with van der Waals surface area (Å²) < 4.78 is 0. The number of likely N-dealkylation sites (tertiary alicyclic amines) is 1. The highest BCUT2D eigenvalue weighted by molar-refractivity contribution is 5.92. The van der Waals surface area contributed by atoms with E-state index >= 15 is 0 Å². The van der Waals surface area contributed by atoms with Crippen molar-refractivity contribution in [3.8, 4) is 6.07 Å². The Bertz CT molecular complexity index is 548. The van der Waals surface area contributed by atoms with Crippen LogP contribution in [-0.4, -0.2) is 34.9 Å². The molecule has 2 heterocycles. The molecule has 1 aromatic heterocycles. The van der Waals surface area contributed by atoms with Crippen molar-refractivity contribution in [2.75, 3.05) is 13.1 Å². The first kappa shape index (κ1) is 13.1. The first-order valence-corrected chi connectivity index (χ1v) is 7.10. The summed E-state index contributed by atoms with van der Waals surface area (Å²) in [7, 11) is 0. The molecular formula is C15H18N4O. The minimum Gasteiger partial charge on any atom is -0.337 e. The van der Waals surface area contributed by atoms with E-state index in [4.69, 9.17) is 11.0 Å². The third-order valence-corrected chi connectivity index (χ3v) is 4.55. The van der Waals surface area contributed by atoms with Gasteiger partial charge in [-0.05, 0) is 36.8 Å². The molecule has 5 heteroatoms. The number of hydrogen-bond donors (Lipinski definition) is 1. The molecule has 20 heavy (non-hydrogen) atoms. The minimum absolute atomic E-state index is 0.0453. The summed E-state index contributed by atoms with van der Waals surface area (Å²) in [5.74, 6) is 0.934. The number of aromatic nitrogens is 1. The highest BCUT2D eigenvalue weighted by Gasteiger charge is 2.40. The summed E-state index contributed by atoms with van der Waals surface area (Å²) in [6, 6.07) is 5.49. The highest BCUT2D eigenvalue weighted by Crippen LogP contribution is 2.35. The number of nitrogens with zero attached hydrogens (tertiary/aromatic N) is 3. The zero-order valence-corrected chi connectivity index (χ0v) is 11.3. The van der Waals surface area contributed by atoms with Crippen molar-refractivity contribution in [1.82, 2.24) is 9.88 Å². The van der Waals surface area contributed by atoms with E-state index < -0.39 is 0 Å². The molecule has 0 aromatic carbocycles. The summed E-state index contributed by atoms with van der Waals surface area (Å²) in [6.07, 6.45) is 4.85. The molecule has 0 bridgehead atoms. The van der Waals surface area contributed by atoms with E-state index in [9.17, 15) is 4.79 Å². The largest absolute Gasteiger partial charge is 0.337 e. The van der Waals surface area contributed by atoms with Crippen molar-refractivity contribution >= 4 is 5.91 Å². The first-order chi connectivity index (χ1) is 9.69. The van der Waals surface area contributed by atoms with Crippen LogP contribution in [0.4, 0.5) is 0 Å². The number of amides is 1. The first-order valence-electron chi connectivity index (χ1n) is 7.10. The van der Waals surface area contributed by atoms with Crippen molar-refractivity contribution in [3.05, 3.63) is 29.6 Å². The molecule has 104 valence electrons. The Hall–Kier alpha value is -1.93. The predicted octanol–water partition coefficient (Wildman–Crippen LogP) is 1.15. The molecule has 1 amide bonds. The SMILES string of the molecule is N#Cc1ccc(C(=O)N2CC3CCCC(N)C3C2)nc1. The van der Waals surface area contributed by atoms with E-state index in [0.29, 0.717) is 23.1 Å². The summed E-state index contributed by atoms with van der Waals surface area (Å²) in [5.41, 5.74) is 7.05. The highest BCUT2D eigenvalue weighted by atomic mass is 16.2. The number of rotatable bonds is 1. The normalized spacial score (nSPS) is 28.8. The van der Waals surface area contributed by atoms with Crippen LogP contribution in [0.5, 0.6) is 0 Å². The fraction of sp³-hybridized carbons (Fsp3) is 0.533. The molecule has 2 fully saturated rings. The Morgan fingerprint density at radius 1 is 1.40 bits per heavy atom. The van der Waals surface area contributed by atoms with Gasteiger partial charge in [0.15, 0.2) is 0 Å². The molecule has 3 rings (SSSR count). The lowest BCUT2D eigenvalue weighted by Crippen LogP contribution is -2.38. The fourth-order valence-corrected chi connectivity index (χ4v) is 3.43. The Labute approximate surface area is 118 Å². The van der Waals surface area contributed by atoms with Crippen molar-refractivity contribution in [2.24, 2.45) is 17.6 Å². The van der Waals surface area contributed by atoms with Gasteiger partial charge in [0.25, 0.3) is 5.91 Å². The molecule has 0 spiro atoms. The van der Waals surface area contributed by atoms with Gasteiger partial charge in [-0.15, -0.1) is 0 Å². The number of pyridine rings is 1. The van der Waals surface area contributed by atoms with Gasteiger partial charge in [0.1, 0.15) is 11.8 Å². The maximum atomic E-state index is 12.4. The van der Waals surface area contributed by atoms with Crippen LogP contribution in [0.2, 0.25) is 0 Å². The summed E-state index contributed by atoms with van der Waals surface area (Å²) in [5, 5.41) is 8.75. The number of nitriles is 1. The maximum Gasteiger partial charge on any atom is 0.272 e. The van der Waals surface area contributed by atoms with Crippen molar-refractivity contribution in [3.63, 3.8) is 0 Å². The lowest BCUT2D eigenvalue weighted by atomic mass is 9.78. The van der Waals surface area contributed by atoms with Crippen LogP contribution < -0.4 is 5.73 Å². The van der Waals surface area contributed by atoms with Crippen LogP contribution in [-0.2, 0) is 0 Å². The number of carbonyl (C=O) groups is 1. The van der Waals surface area contributed by atoms with E-state index in [1.54, 1.807) is 12.1 Å². The van der Waals surface area contributed by atoms with E-state index in [1.807, 2.05) is 11.0 Å². The van der Waals surface area contributed by atoms with Gasteiger partial charge in [0.05, 0.1) is 5.56 Å². The summed E-state index contributed by atoms with van der Waals surface area (Å²) in [4.78, 5) is 18.4. The smallest absolute Gasteiger partial charge is 0.272 e. The second-order valence-electron chi connectivity index (χ2n) is 5.77. The number of carbonyl (C=O) groups excluding carboxylic acids is 1. The topological polar surface area (TPSA) is 83.0 Å². The Kier molecular flexibility index (Phi) is 3.41. The second kappa shape index (κ2) is 5.22. The average molecular weight is 270 g/mol. The molecule has 3 unspecified atom stereocenters. The third kappa shape index (κ3) is 2.27. The van der Waals surface area contributed by atoms with Gasteiger partial charge >= 0.3 is 0 Å². The molecule has 1 aliphatic heterocycles. The van der Waals surface area contributed by atoms with Gasteiger partial charge in [-0.25, -0.2) is 4.98 Å². The lowest BCUT2D eigenvalue weighted by Gasteiger charge is -2.29. The van der Waals surface area contributed by atoms with Gasteiger partial charge in [-0.3, -0.25) is 4.79 Å². The Morgan fingerprint density at radius 2 is 2.25 bits per heavy atom. The van der Waals surface area contributed by atoms with Crippen LogP contribution in [0.3, 0.4) is 0 Å². The monoisotopic (exact) mass is 270 g/mol. The van der Waals surface area contributed by atoms with E-state index in [1.165, 1.54) is 19.0 Å². The van der Waals surface area contributed by atoms with Gasteiger partial charge in [0.2, 0.25) is 0 Å². The zero-order valence-electron chi connectivity index (χ0n) is 11.3. The standard InChI is InChI=1S/C15H18N4O/c16-6-10-4-5-14(18-7-10)15(20)19-8-11-2-1-3-13(17)12(11)9-19/h4-5,7,11-13H,1-3,8-9,17H2. The molecule has 1 saturated carbocycles. The third-order valence-electron chi connectivity index (χ3n) is 4.55. The van der Waals surface area contributed by atoms with Crippen molar-refractivity contribution in [2.45, 2.75) is 25.3 Å². The zero-order chi connectivity index (χ0) is 14.1. The maximum absolute atomic E-state index is 12.4. The second-order valence-corrected chi connectivity index (χ2v) is 5.77. The average Bonchev–Trinajstić information content (AvgIpc) is 2.92. The molecule has 2 N–H and O–H groups in total. The van der Waals surface area contributed by atoms with E-state index in [0.717, 1.165) is 19.5 Å². The Balaban J connectivity index is 1.73. The number of fused-ring (bicyclic) bond motifs is 1. The van der Waals surface area contributed by atoms with Gasteiger partial charge < -0.3 is 10.6 Å². The lowest BCUT2D eigenvalue weighted by molar-refractivity contribution is 0.0777. The number of nitrogens with two attached hydrogens (primary N) is 1. The predicted molar refractivity (Wildman–Crippen MR) is 73.7 cm³/mol. The molecule has 1 aromatic rings. The molecule has 1 saturated heterocycles.